The molecule has 0 radical (unpaired) electrons. The van der Waals surface area contributed by atoms with Crippen molar-refractivity contribution in [3.63, 3.8) is 0 Å². The number of carboxylic acids is 1. The highest BCUT2D eigenvalue weighted by atomic mass is 32.1. The SMILES string of the molecule is CCCCCCCC(C)(S)C(NC=O)C(=O)O. The van der Waals surface area contributed by atoms with E-state index in [0.29, 0.717) is 12.8 Å². The Morgan fingerprint density at radius 3 is 2.47 bits per heavy atom. The Morgan fingerprint density at radius 2 is 2.00 bits per heavy atom. The summed E-state index contributed by atoms with van der Waals surface area (Å²) in [6, 6.07) is -0.936. The lowest BCUT2D eigenvalue weighted by molar-refractivity contribution is -0.141. The molecular formula is C12H23NO3S. The summed E-state index contributed by atoms with van der Waals surface area (Å²) in [4.78, 5) is 21.4. The maximum absolute atomic E-state index is 11.0. The molecule has 0 saturated carbocycles. The van der Waals surface area contributed by atoms with Gasteiger partial charge in [0.15, 0.2) is 0 Å². The van der Waals surface area contributed by atoms with Gasteiger partial charge in [-0.3, -0.25) is 4.79 Å². The highest BCUT2D eigenvalue weighted by Crippen LogP contribution is 2.26. The van der Waals surface area contributed by atoms with E-state index in [2.05, 4.69) is 24.9 Å². The molecule has 2 N–H and O–H groups in total. The second-order valence-corrected chi connectivity index (χ2v) is 5.60. The number of thiol groups is 1. The minimum Gasteiger partial charge on any atom is -0.480 e. The lowest BCUT2D eigenvalue weighted by Gasteiger charge is -2.29. The molecule has 0 aromatic rings. The fourth-order valence-electron chi connectivity index (χ4n) is 1.82. The van der Waals surface area contributed by atoms with E-state index >= 15 is 0 Å². The van der Waals surface area contributed by atoms with Gasteiger partial charge in [0, 0.05) is 4.75 Å². The van der Waals surface area contributed by atoms with E-state index in [0.717, 1.165) is 12.8 Å². The molecule has 0 aliphatic heterocycles. The topological polar surface area (TPSA) is 66.4 Å². The zero-order valence-electron chi connectivity index (χ0n) is 10.6. The minimum absolute atomic E-state index is 0.421. The van der Waals surface area contributed by atoms with E-state index in [4.69, 9.17) is 5.11 Å². The Balaban J connectivity index is 4.13. The molecule has 0 rings (SSSR count). The fourth-order valence-corrected chi connectivity index (χ4v) is 2.16. The van der Waals surface area contributed by atoms with Gasteiger partial charge >= 0.3 is 5.97 Å². The van der Waals surface area contributed by atoms with E-state index < -0.39 is 16.8 Å². The molecule has 5 heteroatoms. The Hall–Kier alpha value is -0.710. The Kier molecular flexibility index (Phi) is 8.04. The largest absolute Gasteiger partial charge is 0.480 e. The smallest absolute Gasteiger partial charge is 0.327 e. The third-order valence-electron chi connectivity index (χ3n) is 2.89. The number of hydrogen-bond donors (Lipinski definition) is 3. The van der Waals surface area contributed by atoms with Crippen LogP contribution in [-0.4, -0.2) is 28.3 Å². The zero-order valence-corrected chi connectivity index (χ0v) is 11.5. The van der Waals surface area contributed by atoms with Crippen LogP contribution < -0.4 is 5.32 Å². The van der Waals surface area contributed by atoms with E-state index in [1.54, 1.807) is 6.92 Å². The zero-order chi connectivity index (χ0) is 13.3. The molecule has 0 heterocycles. The van der Waals surface area contributed by atoms with Crippen LogP contribution in [0.5, 0.6) is 0 Å². The molecule has 0 fully saturated rings. The maximum atomic E-state index is 11.0. The van der Waals surface area contributed by atoms with Crippen LogP contribution in [0.15, 0.2) is 0 Å². The quantitative estimate of drug-likeness (QED) is 0.321. The lowest BCUT2D eigenvalue weighted by Crippen LogP contribution is -2.50. The van der Waals surface area contributed by atoms with Crippen LogP contribution in [-0.2, 0) is 9.59 Å². The summed E-state index contributed by atoms with van der Waals surface area (Å²) in [5, 5.41) is 11.3. The van der Waals surface area contributed by atoms with Crippen molar-refractivity contribution < 1.29 is 14.7 Å². The van der Waals surface area contributed by atoms with Gasteiger partial charge in [-0.25, -0.2) is 4.79 Å². The molecule has 17 heavy (non-hydrogen) atoms. The molecule has 0 aromatic carbocycles. The molecule has 2 atom stereocenters. The van der Waals surface area contributed by atoms with Crippen LogP contribution >= 0.6 is 12.6 Å². The molecule has 0 bridgehead atoms. The highest BCUT2D eigenvalue weighted by Gasteiger charge is 2.35. The average molecular weight is 261 g/mol. The van der Waals surface area contributed by atoms with Gasteiger partial charge in [0.2, 0.25) is 6.41 Å². The molecule has 0 aliphatic rings. The summed E-state index contributed by atoms with van der Waals surface area (Å²) in [5.74, 6) is -1.04. The van der Waals surface area contributed by atoms with Crippen molar-refractivity contribution in [2.45, 2.75) is 63.2 Å². The summed E-state index contributed by atoms with van der Waals surface area (Å²) in [7, 11) is 0. The molecule has 100 valence electrons. The average Bonchev–Trinajstić information content (AvgIpc) is 2.24. The van der Waals surface area contributed by atoms with Crippen molar-refractivity contribution in [1.82, 2.24) is 5.32 Å². The second kappa shape index (κ2) is 8.39. The fraction of sp³-hybridized carbons (Fsp3) is 0.833. The van der Waals surface area contributed by atoms with Crippen LogP contribution in [0, 0.1) is 0 Å². The lowest BCUT2D eigenvalue weighted by atomic mass is 9.93. The van der Waals surface area contributed by atoms with E-state index in [-0.39, 0.29) is 0 Å². The van der Waals surface area contributed by atoms with Crippen molar-refractivity contribution in [1.29, 1.82) is 0 Å². The van der Waals surface area contributed by atoms with Crippen LogP contribution in [0.1, 0.15) is 52.4 Å². The number of carbonyl (C=O) groups is 2. The van der Waals surface area contributed by atoms with Gasteiger partial charge in [-0.05, 0) is 13.3 Å². The number of carbonyl (C=O) groups excluding carboxylic acids is 1. The standard InChI is InChI=1S/C12H23NO3S/c1-3-4-5-6-7-8-12(2,17)10(11(15)16)13-9-14/h9-10,17H,3-8H2,1-2H3,(H,13,14)(H,15,16). The Morgan fingerprint density at radius 1 is 1.41 bits per heavy atom. The van der Waals surface area contributed by atoms with Gasteiger partial charge in [0.1, 0.15) is 6.04 Å². The van der Waals surface area contributed by atoms with Gasteiger partial charge < -0.3 is 10.4 Å². The van der Waals surface area contributed by atoms with Crippen molar-refractivity contribution >= 4 is 25.0 Å². The van der Waals surface area contributed by atoms with Gasteiger partial charge in [0.05, 0.1) is 0 Å². The van der Waals surface area contributed by atoms with Crippen molar-refractivity contribution in [3.05, 3.63) is 0 Å². The first-order valence-electron chi connectivity index (χ1n) is 6.10. The van der Waals surface area contributed by atoms with E-state index in [1.807, 2.05) is 0 Å². The summed E-state index contributed by atoms with van der Waals surface area (Å²) in [6.07, 6.45) is 6.67. The minimum atomic E-state index is -1.04. The normalized spacial score (nSPS) is 15.9. The van der Waals surface area contributed by atoms with Crippen LogP contribution in [0.2, 0.25) is 0 Å². The molecule has 0 aliphatic carbocycles. The highest BCUT2D eigenvalue weighted by molar-refractivity contribution is 7.81. The summed E-state index contributed by atoms with van der Waals surface area (Å²) in [5.41, 5.74) is 0. The molecule has 2 unspecified atom stereocenters. The van der Waals surface area contributed by atoms with Crippen molar-refractivity contribution in [3.8, 4) is 0 Å². The molecule has 0 spiro atoms. The second-order valence-electron chi connectivity index (χ2n) is 4.58. The third kappa shape index (κ3) is 6.56. The van der Waals surface area contributed by atoms with Crippen LogP contribution in [0.3, 0.4) is 0 Å². The number of rotatable bonds is 10. The summed E-state index contributed by atoms with van der Waals surface area (Å²) < 4.78 is -0.709. The number of unbranched alkanes of at least 4 members (excludes halogenated alkanes) is 4. The Labute approximate surface area is 109 Å². The van der Waals surface area contributed by atoms with Crippen molar-refractivity contribution in [2.75, 3.05) is 0 Å². The van der Waals surface area contributed by atoms with Gasteiger partial charge in [-0.15, -0.1) is 0 Å². The predicted molar refractivity (Wildman–Crippen MR) is 71.4 cm³/mol. The number of nitrogens with one attached hydrogen (secondary N) is 1. The molecule has 1 amide bonds. The van der Waals surface area contributed by atoms with Crippen molar-refractivity contribution in [2.24, 2.45) is 0 Å². The first-order valence-corrected chi connectivity index (χ1v) is 6.55. The van der Waals surface area contributed by atoms with Crippen LogP contribution in [0.25, 0.3) is 0 Å². The van der Waals surface area contributed by atoms with Gasteiger partial charge in [-0.2, -0.15) is 12.6 Å². The molecule has 4 nitrogen and oxygen atoms in total. The summed E-state index contributed by atoms with van der Waals surface area (Å²) in [6.45, 7) is 3.91. The first-order chi connectivity index (χ1) is 7.95. The molecule has 0 saturated heterocycles. The Bertz CT molecular complexity index is 244. The van der Waals surface area contributed by atoms with Gasteiger partial charge in [0.25, 0.3) is 0 Å². The number of carboxylic acid groups (broad SMARTS) is 1. The number of aliphatic carboxylic acids is 1. The number of amides is 1. The van der Waals surface area contributed by atoms with E-state index in [9.17, 15) is 9.59 Å². The molecular weight excluding hydrogens is 238 g/mol. The third-order valence-corrected chi connectivity index (χ3v) is 3.37. The van der Waals surface area contributed by atoms with Gasteiger partial charge in [-0.1, -0.05) is 39.0 Å². The first kappa shape index (κ1) is 16.3. The van der Waals surface area contributed by atoms with E-state index in [1.165, 1.54) is 19.3 Å². The predicted octanol–water partition coefficient (Wildman–Crippen LogP) is 2.23. The maximum Gasteiger partial charge on any atom is 0.327 e. The summed E-state index contributed by atoms with van der Waals surface area (Å²) >= 11 is 4.38. The monoisotopic (exact) mass is 261 g/mol. The molecule has 0 aromatic heterocycles. The number of hydrogen-bond acceptors (Lipinski definition) is 3. The van der Waals surface area contributed by atoms with Crippen LogP contribution in [0.4, 0.5) is 0 Å².